The third-order valence-corrected chi connectivity index (χ3v) is 4.88. The predicted octanol–water partition coefficient (Wildman–Crippen LogP) is 0.968. The van der Waals surface area contributed by atoms with E-state index in [1.54, 1.807) is 7.05 Å². The van der Waals surface area contributed by atoms with Crippen molar-refractivity contribution in [2.75, 3.05) is 44.8 Å². The summed E-state index contributed by atoms with van der Waals surface area (Å²) in [6, 6.07) is 0.418. The molecule has 2 aliphatic heterocycles. The monoisotopic (exact) mass is 345 g/mol. The van der Waals surface area contributed by atoms with E-state index >= 15 is 0 Å². The van der Waals surface area contributed by atoms with Gasteiger partial charge in [-0.15, -0.1) is 0 Å². The Labute approximate surface area is 148 Å². The third-order valence-electron chi connectivity index (χ3n) is 4.88. The van der Waals surface area contributed by atoms with Gasteiger partial charge in [0.25, 0.3) is 5.91 Å². The molecule has 2 N–H and O–H groups in total. The van der Waals surface area contributed by atoms with Crippen LogP contribution in [0.2, 0.25) is 0 Å². The molecule has 25 heavy (non-hydrogen) atoms. The first kappa shape index (κ1) is 17.8. The second kappa shape index (κ2) is 7.93. The first-order valence-corrected chi connectivity index (χ1v) is 8.89. The molecule has 3 heterocycles. The number of ether oxygens (including phenoxy) is 1. The van der Waals surface area contributed by atoms with Gasteiger partial charge in [-0.2, -0.15) is 0 Å². The molecule has 3 rings (SSSR count). The van der Waals surface area contributed by atoms with Gasteiger partial charge in [-0.1, -0.05) is 6.08 Å². The average Bonchev–Trinajstić information content (AvgIpc) is 3.11. The van der Waals surface area contributed by atoms with Crippen molar-refractivity contribution in [2.45, 2.75) is 32.7 Å². The standard InChI is InChI=1S/C18H27N5O2/c1-12-13(2)21-16(18(24)19-3)22-17(12)23-7-6-15(10-23)20-9-14-5-4-8-25-11-14/h5,15,20H,4,6-11H2,1-3H3,(H,19,24)/t15-/m1/s1. The minimum absolute atomic E-state index is 0.238. The summed E-state index contributed by atoms with van der Waals surface area (Å²) in [5, 5.41) is 6.22. The topological polar surface area (TPSA) is 79.4 Å². The molecule has 0 aliphatic carbocycles. The fraction of sp³-hybridized carbons (Fsp3) is 0.611. The Bertz CT molecular complexity index is 674. The van der Waals surface area contributed by atoms with E-state index in [9.17, 15) is 4.79 Å². The van der Waals surface area contributed by atoms with E-state index in [-0.39, 0.29) is 11.7 Å². The molecule has 1 atom stereocenters. The van der Waals surface area contributed by atoms with Crippen LogP contribution in [-0.4, -0.2) is 61.8 Å². The van der Waals surface area contributed by atoms with Crippen molar-refractivity contribution in [1.29, 1.82) is 0 Å². The van der Waals surface area contributed by atoms with Crippen molar-refractivity contribution in [1.82, 2.24) is 20.6 Å². The van der Waals surface area contributed by atoms with Gasteiger partial charge in [-0.3, -0.25) is 4.79 Å². The Morgan fingerprint density at radius 3 is 2.96 bits per heavy atom. The molecule has 1 aromatic rings. The number of nitrogens with zero attached hydrogens (tertiary/aromatic N) is 3. The summed E-state index contributed by atoms with van der Waals surface area (Å²) in [7, 11) is 1.60. The van der Waals surface area contributed by atoms with Gasteiger partial charge in [0.2, 0.25) is 5.82 Å². The molecule has 1 fully saturated rings. The van der Waals surface area contributed by atoms with Gasteiger partial charge < -0.3 is 20.3 Å². The normalized spacial score (nSPS) is 20.5. The second-order valence-electron chi connectivity index (χ2n) is 6.68. The highest BCUT2D eigenvalue weighted by molar-refractivity contribution is 5.90. The number of hydrogen-bond donors (Lipinski definition) is 2. The van der Waals surface area contributed by atoms with Crippen molar-refractivity contribution < 1.29 is 9.53 Å². The largest absolute Gasteiger partial charge is 0.377 e. The van der Waals surface area contributed by atoms with Crippen LogP contribution in [0.15, 0.2) is 11.6 Å². The lowest BCUT2D eigenvalue weighted by Crippen LogP contribution is -2.35. The smallest absolute Gasteiger partial charge is 0.288 e. The van der Waals surface area contributed by atoms with E-state index in [0.717, 1.165) is 62.8 Å². The van der Waals surface area contributed by atoms with Gasteiger partial charge in [0.05, 0.1) is 13.2 Å². The van der Waals surface area contributed by atoms with E-state index in [2.05, 4.69) is 31.6 Å². The van der Waals surface area contributed by atoms with Crippen LogP contribution in [0.25, 0.3) is 0 Å². The lowest BCUT2D eigenvalue weighted by molar-refractivity contribution is 0.0952. The zero-order chi connectivity index (χ0) is 17.8. The molecule has 0 saturated carbocycles. The predicted molar refractivity (Wildman–Crippen MR) is 97.0 cm³/mol. The fourth-order valence-electron chi connectivity index (χ4n) is 3.26. The molecule has 0 unspecified atom stereocenters. The van der Waals surface area contributed by atoms with Crippen LogP contribution < -0.4 is 15.5 Å². The summed E-state index contributed by atoms with van der Waals surface area (Å²) in [4.78, 5) is 23.0. The number of carbonyl (C=O) groups is 1. The van der Waals surface area contributed by atoms with Crippen molar-refractivity contribution >= 4 is 11.7 Å². The fourth-order valence-corrected chi connectivity index (χ4v) is 3.26. The second-order valence-corrected chi connectivity index (χ2v) is 6.68. The summed E-state index contributed by atoms with van der Waals surface area (Å²) < 4.78 is 5.49. The van der Waals surface area contributed by atoms with Crippen LogP contribution in [0.1, 0.15) is 34.7 Å². The average molecular weight is 345 g/mol. The molecule has 0 radical (unpaired) electrons. The van der Waals surface area contributed by atoms with Crippen molar-refractivity contribution in [3.05, 3.63) is 28.7 Å². The van der Waals surface area contributed by atoms with Gasteiger partial charge in [0.1, 0.15) is 5.82 Å². The third kappa shape index (κ3) is 4.16. The molecule has 1 saturated heterocycles. The highest BCUT2D eigenvalue weighted by Gasteiger charge is 2.26. The van der Waals surface area contributed by atoms with Crippen molar-refractivity contribution in [3.8, 4) is 0 Å². The Morgan fingerprint density at radius 2 is 2.24 bits per heavy atom. The number of amides is 1. The highest BCUT2D eigenvalue weighted by atomic mass is 16.5. The van der Waals surface area contributed by atoms with Crippen LogP contribution in [0.4, 0.5) is 5.82 Å². The summed E-state index contributed by atoms with van der Waals surface area (Å²) in [6.45, 7) is 8.21. The zero-order valence-electron chi connectivity index (χ0n) is 15.3. The Kier molecular flexibility index (Phi) is 5.65. The highest BCUT2D eigenvalue weighted by Crippen LogP contribution is 2.24. The molecule has 136 valence electrons. The van der Waals surface area contributed by atoms with Gasteiger partial charge >= 0.3 is 0 Å². The number of hydrogen-bond acceptors (Lipinski definition) is 6. The molecule has 0 bridgehead atoms. The van der Waals surface area contributed by atoms with Crippen LogP contribution in [-0.2, 0) is 4.74 Å². The summed E-state index contributed by atoms with van der Waals surface area (Å²) in [6.07, 6.45) is 4.35. The first-order chi connectivity index (χ1) is 12.1. The Balaban J connectivity index is 1.66. The van der Waals surface area contributed by atoms with Gasteiger partial charge in [-0.25, -0.2) is 9.97 Å². The van der Waals surface area contributed by atoms with Crippen LogP contribution in [0.3, 0.4) is 0 Å². The maximum Gasteiger partial charge on any atom is 0.288 e. The molecule has 1 amide bonds. The first-order valence-electron chi connectivity index (χ1n) is 8.89. The number of carbonyl (C=O) groups excluding carboxylic acids is 1. The summed E-state index contributed by atoms with van der Waals surface area (Å²) in [5.41, 5.74) is 3.22. The number of rotatable bonds is 5. The van der Waals surface area contributed by atoms with E-state index in [4.69, 9.17) is 4.74 Å². The van der Waals surface area contributed by atoms with Crippen LogP contribution in [0, 0.1) is 13.8 Å². The Hall–Kier alpha value is -1.99. The number of aryl methyl sites for hydroxylation is 1. The molecule has 0 spiro atoms. The summed E-state index contributed by atoms with van der Waals surface area (Å²) >= 11 is 0. The van der Waals surface area contributed by atoms with Crippen LogP contribution in [0.5, 0.6) is 0 Å². The molecule has 7 nitrogen and oxygen atoms in total. The summed E-state index contributed by atoms with van der Waals surface area (Å²) in [5.74, 6) is 0.861. The maximum absolute atomic E-state index is 11.9. The van der Waals surface area contributed by atoms with Gasteiger partial charge in [0, 0.05) is 44.0 Å². The van der Waals surface area contributed by atoms with E-state index < -0.39 is 0 Å². The minimum Gasteiger partial charge on any atom is -0.377 e. The van der Waals surface area contributed by atoms with Gasteiger partial charge in [0.15, 0.2) is 0 Å². The Morgan fingerprint density at radius 1 is 1.40 bits per heavy atom. The van der Waals surface area contributed by atoms with Crippen molar-refractivity contribution in [2.24, 2.45) is 0 Å². The van der Waals surface area contributed by atoms with Gasteiger partial charge in [-0.05, 0) is 32.3 Å². The van der Waals surface area contributed by atoms with E-state index in [1.807, 2.05) is 13.8 Å². The molecule has 2 aliphatic rings. The van der Waals surface area contributed by atoms with Crippen LogP contribution >= 0.6 is 0 Å². The molecular formula is C18H27N5O2. The minimum atomic E-state index is -0.248. The van der Waals surface area contributed by atoms with E-state index in [0.29, 0.717) is 6.04 Å². The number of nitrogens with one attached hydrogen (secondary N) is 2. The van der Waals surface area contributed by atoms with Crippen molar-refractivity contribution in [3.63, 3.8) is 0 Å². The quantitative estimate of drug-likeness (QED) is 0.774. The maximum atomic E-state index is 11.9. The van der Waals surface area contributed by atoms with E-state index in [1.165, 1.54) is 5.57 Å². The molecule has 0 aromatic carbocycles. The zero-order valence-corrected chi connectivity index (χ0v) is 15.3. The molecule has 1 aromatic heterocycles. The lowest BCUT2D eigenvalue weighted by atomic mass is 10.2. The number of anilines is 1. The lowest BCUT2D eigenvalue weighted by Gasteiger charge is -2.22. The SMILES string of the molecule is CNC(=O)c1nc(C)c(C)c(N2CC[C@@H](NCC3=CCCOC3)C2)n1. The molecular weight excluding hydrogens is 318 g/mol. The molecule has 7 heteroatoms. The number of aromatic nitrogens is 2.